The summed E-state index contributed by atoms with van der Waals surface area (Å²) in [5.41, 5.74) is 1.29. The van der Waals surface area contributed by atoms with Crippen LogP contribution in [0.2, 0.25) is 0 Å². The number of carboxylic acid groups (broad SMARTS) is 1. The number of H-pyrrole nitrogens is 1. The van der Waals surface area contributed by atoms with E-state index in [4.69, 9.17) is 17.3 Å². The number of nitrogens with zero attached hydrogens (tertiary/aromatic N) is 1. The average Bonchev–Trinajstić information content (AvgIpc) is 3.10. The Kier molecular flexibility index (Phi) is 5.16. The fraction of sp³-hybridized carbons (Fsp3) is 0.111. The van der Waals surface area contributed by atoms with Gasteiger partial charge in [0.1, 0.15) is 10.7 Å². The molecule has 5 nitrogen and oxygen atoms in total. The van der Waals surface area contributed by atoms with E-state index in [9.17, 15) is 9.59 Å². The summed E-state index contributed by atoms with van der Waals surface area (Å²) in [6.45, 7) is 0. The van der Waals surface area contributed by atoms with Crippen LogP contribution >= 0.6 is 23.6 Å². The minimum Gasteiger partial charge on any atom is -0.477 e. The van der Waals surface area contributed by atoms with Crippen LogP contribution in [0.1, 0.15) is 26.8 Å². The number of aryl methyl sites for hydroxylation is 1. The van der Waals surface area contributed by atoms with Gasteiger partial charge in [-0.2, -0.15) is 0 Å². The zero-order valence-corrected chi connectivity index (χ0v) is 14.7. The zero-order chi connectivity index (χ0) is 17.8. The van der Waals surface area contributed by atoms with Gasteiger partial charge in [-0.1, -0.05) is 42.5 Å². The van der Waals surface area contributed by atoms with Gasteiger partial charge in [0.25, 0.3) is 5.56 Å². The molecule has 0 fully saturated rings. The number of rotatable bonds is 6. The molecule has 0 amide bonds. The molecule has 1 aromatic carbocycles. The van der Waals surface area contributed by atoms with Crippen molar-refractivity contribution in [1.29, 1.82) is 0 Å². The third kappa shape index (κ3) is 4.26. The molecule has 0 atom stereocenters. The molecule has 0 saturated carbocycles. The second-order valence-electron chi connectivity index (χ2n) is 5.34. The summed E-state index contributed by atoms with van der Waals surface area (Å²) in [4.78, 5) is 31.7. The minimum atomic E-state index is -0.958. The first-order valence-electron chi connectivity index (χ1n) is 7.55. The number of aromatic nitrogens is 2. The van der Waals surface area contributed by atoms with Gasteiger partial charge in [-0.3, -0.25) is 4.79 Å². The molecular weight excluding hydrogens is 356 g/mol. The molecule has 0 saturated heterocycles. The Morgan fingerprint density at radius 3 is 2.56 bits per heavy atom. The van der Waals surface area contributed by atoms with Crippen molar-refractivity contribution in [3.05, 3.63) is 74.5 Å². The average molecular weight is 370 g/mol. The van der Waals surface area contributed by atoms with Crippen molar-refractivity contribution in [2.75, 3.05) is 0 Å². The number of benzene rings is 1. The quantitative estimate of drug-likeness (QED) is 0.512. The molecule has 2 aromatic heterocycles. The maximum Gasteiger partial charge on any atom is 0.345 e. The maximum absolute atomic E-state index is 11.9. The van der Waals surface area contributed by atoms with Crippen molar-refractivity contribution in [2.45, 2.75) is 12.8 Å². The second kappa shape index (κ2) is 7.50. The van der Waals surface area contributed by atoms with Gasteiger partial charge in [0.05, 0.1) is 5.69 Å². The van der Waals surface area contributed by atoms with E-state index >= 15 is 0 Å². The van der Waals surface area contributed by atoms with E-state index in [-0.39, 0.29) is 10.4 Å². The molecule has 126 valence electrons. The summed E-state index contributed by atoms with van der Waals surface area (Å²) in [6.07, 6.45) is 0.991. The summed E-state index contributed by atoms with van der Waals surface area (Å²) >= 11 is 6.53. The SMILES string of the molecule is O=C(O)c1ccc(C(=S)CCc2nc(-c3ccccc3)cc(=O)[nH]2)s1. The molecule has 2 N–H and O–H groups in total. The highest BCUT2D eigenvalue weighted by atomic mass is 32.1. The van der Waals surface area contributed by atoms with E-state index in [1.807, 2.05) is 30.3 Å². The highest BCUT2D eigenvalue weighted by Gasteiger charge is 2.11. The first-order chi connectivity index (χ1) is 12.0. The lowest BCUT2D eigenvalue weighted by atomic mass is 10.1. The van der Waals surface area contributed by atoms with Crippen LogP contribution in [0.4, 0.5) is 0 Å². The molecular formula is C18H14N2O3S2. The number of hydrogen-bond donors (Lipinski definition) is 2. The Morgan fingerprint density at radius 2 is 1.88 bits per heavy atom. The third-order valence-corrected chi connectivity index (χ3v) is 5.23. The molecule has 25 heavy (non-hydrogen) atoms. The van der Waals surface area contributed by atoms with E-state index in [1.165, 1.54) is 6.07 Å². The van der Waals surface area contributed by atoms with Crippen LogP contribution in [-0.2, 0) is 6.42 Å². The van der Waals surface area contributed by atoms with E-state index in [0.29, 0.717) is 29.2 Å². The predicted molar refractivity (Wildman–Crippen MR) is 102 cm³/mol. The number of hydrogen-bond acceptors (Lipinski definition) is 5. The monoisotopic (exact) mass is 370 g/mol. The lowest BCUT2D eigenvalue weighted by Crippen LogP contribution is -2.12. The fourth-order valence-corrected chi connectivity index (χ4v) is 3.45. The molecule has 0 spiro atoms. The van der Waals surface area contributed by atoms with Crippen molar-refractivity contribution in [1.82, 2.24) is 9.97 Å². The number of thiophene rings is 1. The van der Waals surface area contributed by atoms with Gasteiger partial charge >= 0.3 is 5.97 Å². The zero-order valence-electron chi connectivity index (χ0n) is 13.1. The van der Waals surface area contributed by atoms with Crippen LogP contribution < -0.4 is 5.56 Å². The van der Waals surface area contributed by atoms with Crippen molar-refractivity contribution in [3.8, 4) is 11.3 Å². The topological polar surface area (TPSA) is 83.0 Å². The smallest absolute Gasteiger partial charge is 0.345 e. The Bertz CT molecular complexity index is 977. The molecule has 0 aliphatic carbocycles. The molecule has 3 rings (SSSR count). The van der Waals surface area contributed by atoms with Crippen LogP contribution in [0.3, 0.4) is 0 Å². The Morgan fingerprint density at radius 1 is 1.16 bits per heavy atom. The van der Waals surface area contributed by atoms with Crippen LogP contribution in [0, 0.1) is 0 Å². The van der Waals surface area contributed by atoms with Gasteiger partial charge in [0.2, 0.25) is 0 Å². The van der Waals surface area contributed by atoms with Crippen LogP contribution in [0.5, 0.6) is 0 Å². The molecule has 0 unspecified atom stereocenters. The molecule has 3 aromatic rings. The van der Waals surface area contributed by atoms with Gasteiger partial charge < -0.3 is 10.1 Å². The lowest BCUT2D eigenvalue weighted by molar-refractivity contribution is 0.0702. The summed E-state index contributed by atoms with van der Waals surface area (Å²) in [6, 6.07) is 14.2. The molecule has 2 heterocycles. The van der Waals surface area contributed by atoms with Gasteiger partial charge in [-0.15, -0.1) is 11.3 Å². The Balaban J connectivity index is 1.74. The van der Waals surface area contributed by atoms with Crippen molar-refractivity contribution in [2.24, 2.45) is 0 Å². The van der Waals surface area contributed by atoms with Gasteiger partial charge in [0.15, 0.2) is 0 Å². The first kappa shape index (κ1) is 17.2. The van der Waals surface area contributed by atoms with Gasteiger partial charge in [-0.25, -0.2) is 9.78 Å². The van der Waals surface area contributed by atoms with Crippen molar-refractivity contribution < 1.29 is 9.90 Å². The summed E-state index contributed by atoms with van der Waals surface area (Å²) in [5.74, 6) is -0.399. The van der Waals surface area contributed by atoms with E-state index in [1.54, 1.807) is 12.1 Å². The van der Waals surface area contributed by atoms with Gasteiger partial charge in [-0.05, 0) is 18.6 Å². The molecule has 0 aliphatic heterocycles. The fourth-order valence-electron chi connectivity index (χ4n) is 2.34. The minimum absolute atomic E-state index is 0.209. The number of carboxylic acids is 1. The maximum atomic E-state index is 11.9. The summed E-state index contributed by atoms with van der Waals surface area (Å²) in [7, 11) is 0. The normalized spacial score (nSPS) is 10.6. The van der Waals surface area contributed by atoms with E-state index in [2.05, 4.69) is 9.97 Å². The van der Waals surface area contributed by atoms with Crippen molar-refractivity contribution in [3.63, 3.8) is 0 Å². The highest BCUT2D eigenvalue weighted by Crippen LogP contribution is 2.20. The van der Waals surface area contributed by atoms with Crippen LogP contribution in [-0.4, -0.2) is 25.9 Å². The summed E-state index contributed by atoms with van der Waals surface area (Å²) in [5, 5.41) is 8.97. The number of aromatic amines is 1. The van der Waals surface area contributed by atoms with E-state index < -0.39 is 5.97 Å². The lowest BCUT2D eigenvalue weighted by Gasteiger charge is -2.05. The largest absolute Gasteiger partial charge is 0.477 e. The molecule has 7 heteroatoms. The van der Waals surface area contributed by atoms with E-state index in [0.717, 1.165) is 21.8 Å². The summed E-state index contributed by atoms with van der Waals surface area (Å²) < 4.78 is 0. The Labute approximate surface area is 153 Å². The number of thiocarbonyl (C=S) groups is 1. The number of nitrogens with one attached hydrogen (secondary N) is 1. The van der Waals surface area contributed by atoms with Gasteiger partial charge in [0, 0.05) is 27.8 Å². The second-order valence-corrected chi connectivity index (χ2v) is 6.91. The predicted octanol–water partition coefficient (Wildman–Crippen LogP) is 3.55. The highest BCUT2D eigenvalue weighted by molar-refractivity contribution is 7.81. The third-order valence-electron chi connectivity index (χ3n) is 3.54. The first-order valence-corrected chi connectivity index (χ1v) is 8.77. The number of carbonyl (C=O) groups is 1. The standard InChI is InChI=1S/C18H14N2O3S2/c21-17-10-12(11-4-2-1-3-5-11)19-16(20-17)9-6-13(24)14-7-8-15(25-14)18(22)23/h1-5,7-8,10H,6,9H2,(H,22,23)(H,19,20,21). The molecule has 0 bridgehead atoms. The molecule has 0 aliphatic rings. The Hall–Kier alpha value is -2.64. The number of aromatic carboxylic acids is 1. The van der Waals surface area contributed by atoms with Crippen molar-refractivity contribution >= 4 is 34.4 Å². The molecule has 0 radical (unpaired) electrons. The van der Waals surface area contributed by atoms with Crippen LogP contribution in [0.25, 0.3) is 11.3 Å². The van der Waals surface area contributed by atoms with Crippen LogP contribution in [0.15, 0.2) is 53.3 Å².